The maximum Gasteiger partial charge on any atom is 0.0946 e. The minimum atomic E-state index is -0.230. The van der Waals surface area contributed by atoms with E-state index in [1.165, 1.54) is 0 Å². The molecule has 2 heterocycles. The Labute approximate surface area is 84.0 Å². The molecular formula is C10H17N3O. The van der Waals surface area contributed by atoms with Crippen LogP contribution >= 0.6 is 0 Å². The number of imidazole rings is 1. The van der Waals surface area contributed by atoms with Gasteiger partial charge in [-0.1, -0.05) is 0 Å². The van der Waals surface area contributed by atoms with Crippen LogP contribution in [0, 0.1) is 5.92 Å². The fourth-order valence-electron chi connectivity index (χ4n) is 1.99. The molecule has 2 rings (SSSR count). The fourth-order valence-corrected chi connectivity index (χ4v) is 1.99. The van der Waals surface area contributed by atoms with Crippen LogP contribution in [0.5, 0.6) is 0 Å². The molecule has 0 aromatic carbocycles. The first-order chi connectivity index (χ1) is 6.86. The molecule has 1 atom stereocenters. The zero-order valence-electron chi connectivity index (χ0n) is 8.26. The first-order valence-corrected chi connectivity index (χ1v) is 5.21. The number of rotatable bonds is 3. The highest BCUT2D eigenvalue weighted by atomic mass is 16.3. The Morgan fingerprint density at radius 2 is 2.29 bits per heavy atom. The van der Waals surface area contributed by atoms with E-state index in [0.717, 1.165) is 25.9 Å². The SMILES string of the molecule is O[C@@H](Cn1ccnc1)C1CCNCC1. The van der Waals surface area contributed by atoms with Gasteiger partial charge in [0, 0.05) is 18.9 Å². The van der Waals surface area contributed by atoms with Crippen molar-refractivity contribution in [1.29, 1.82) is 0 Å². The van der Waals surface area contributed by atoms with Crippen LogP contribution in [0.4, 0.5) is 0 Å². The molecule has 1 aromatic rings. The smallest absolute Gasteiger partial charge is 0.0946 e. The summed E-state index contributed by atoms with van der Waals surface area (Å²) in [4.78, 5) is 3.96. The average Bonchev–Trinajstić information content (AvgIpc) is 2.72. The van der Waals surface area contributed by atoms with E-state index in [1.54, 1.807) is 12.5 Å². The molecule has 0 bridgehead atoms. The number of aliphatic hydroxyl groups is 1. The zero-order valence-corrected chi connectivity index (χ0v) is 8.26. The van der Waals surface area contributed by atoms with Crippen molar-refractivity contribution in [2.24, 2.45) is 5.92 Å². The molecule has 14 heavy (non-hydrogen) atoms. The third kappa shape index (κ3) is 2.33. The van der Waals surface area contributed by atoms with Gasteiger partial charge in [-0.15, -0.1) is 0 Å². The second-order valence-electron chi connectivity index (χ2n) is 3.91. The predicted molar refractivity (Wildman–Crippen MR) is 53.8 cm³/mol. The predicted octanol–water partition coefficient (Wildman–Crippen LogP) is 0.244. The van der Waals surface area contributed by atoms with Crippen molar-refractivity contribution in [3.63, 3.8) is 0 Å². The molecule has 1 aromatic heterocycles. The number of nitrogens with zero attached hydrogens (tertiary/aromatic N) is 2. The van der Waals surface area contributed by atoms with Gasteiger partial charge in [0.1, 0.15) is 0 Å². The van der Waals surface area contributed by atoms with Gasteiger partial charge in [0.05, 0.1) is 12.4 Å². The highest BCUT2D eigenvalue weighted by Crippen LogP contribution is 2.17. The molecule has 0 spiro atoms. The van der Waals surface area contributed by atoms with Crippen LogP contribution in [0.3, 0.4) is 0 Å². The molecule has 0 amide bonds. The van der Waals surface area contributed by atoms with E-state index in [9.17, 15) is 5.11 Å². The summed E-state index contributed by atoms with van der Waals surface area (Å²) in [6.07, 6.45) is 7.32. The molecule has 1 saturated heterocycles. The van der Waals surface area contributed by atoms with Crippen LogP contribution in [0.15, 0.2) is 18.7 Å². The van der Waals surface area contributed by atoms with Gasteiger partial charge in [0.25, 0.3) is 0 Å². The van der Waals surface area contributed by atoms with Crippen molar-refractivity contribution in [2.45, 2.75) is 25.5 Å². The van der Waals surface area contributed by atoms with Gasteiger partial charge >= 0.3 is 0 Å². The van der Waals surface area contributed by atoms with Crippen molar-refractivity contribution < 1.29 is 5.11 Å². The molecule has 0 aliphatic carbocycles. The van der Waals surface area contributed by atoms with Crippen molar-refractivity contribution in [3.05, 3.63) is 18.7 Å². The number of aliphatic hydroxyl groups excluding tert-OH is 1. The summed E-state index contributed by atoms with van der Waals surface area (Å²) in [5, 5.41) is 13.3. The molecule has 2 N–H and O–H groups in total. The summed E-state index contributed by atoms with van der Waals surface area (Å²) in [6.45, 7) is 2.74. The Bertz CT molecular complexity index is 254. The third-order valence-corrected chi connectivity index (χ3v) is 2.89. The summed E-state index contributed by atoms with van der Waals surface area (Å²) in [7, 11) is 0. The summed E-state index contributed by atoms with van der Waals surface area (Å²) >= 11 is 0. The van der Waals surface area contributed by atoms with E-state index in [4.69, 9.17) is 0 Å². The molecule has 4 nitrogen and oxygen atoms in total. The molecule has 1 fully saturated rings. The van der Waals surface area contributed by atoms with Crippen LogP contribution < -0.4 is 5.32 Å². The number of piperidine rings is 1. The Kier molecular flexibility index (Phi) is 3.16. The summed E-state index contributed by atoms with van der Waals surface area (Å²) in [5.74, 6) is 0.443. The number of hydrogen-bond donors (Lipinski definition) is 2. The highest BCUT2D eigenvalue weighted by molar-refractivity contribution is 4.80. The van der Waals surface area contributed by atoms with Crippen molar-refractivity contribution in [3.8, 4) is 0 Å². The van der Waals surface area contributed by atoms with Gasteiger partial charge in [-0.3, -0.25) is 0 Å². The molecule has 0 saturated carbocycles. The highest BCUT2D eigenvalue weighted by Gasteiger charge is 2.21. The average molecular weight is 195 g/mol. The first kappa shape index (κ1) is 9.68. The molecule has 1 aliphatic heterocycles. The molecule has 1 aliphatic rings. The van der Waals surface area contributed by atoms with Gasteiger partial charge in [0.2, 0.25) is 0 Å². The lowest BCUT2D eigenvalue weighted by atomic mass is 9.92. The quantitative estimate of drug-likeness (QED) is 0.726. The van der Waals surface area contributed by atoms with Gasteiger partial charge in [-0.2, -0.15) is 0 Å². The number of hydrogen-bond acceptors (Lipinski definition) is 3. The van der Waals surface area contributed by atoms with E-state index < -0.39 is 0 Å². The van der Waals surface area contributed by atoms with Crippen LogP contribution in [-0.4, -0.2) is 33.9 Å². The van der Waals surface area contributed by atoms with Gasteiger partial charge in [0.15, 0.2) is 0 Å². The maximum absolute atomic E-state index is 9.97. The van der Waals surface area contributed by atoms with Crippen LogP contribution in [-0.2, 0) is 6.54 Å². The topological polar surface area (TPSA) is 50.1 Å². The molecule has 0 radical (unpaired) electrons. The maximum atomic E-state index is 9.97. The normalized spacial score (nSPS) is 20.9. The van der Waals surface area contributed by atoms with E-state index >= 15 is 0 Å². The Hall–Kier alpha value is -0.870. The monoisotopic (exact) mass is 195 g/mol. The van der Waals surface area contributed by atoms with Crippen molar-refractivity contribution >= 4 is 0 Å². The van der Waals surface area contributed by atoms with Crippen LogP contribution in [0.1, 0.15) is 12.8 Å². The standard InChI is InChI=1S/C10H17N3O/c14-10(7-13-6-5-12-8-13)9-1-3-11-4-2-9/h5-6,8-11,14H,1-4,7H2/t10-/m0/s1. The number of nitrogens with one attached hydrogen (secondary N) is 1. The first-order valence-electron chi connectivity index (χ1n) is 5.21. The molecule has 78 valence electrons. The Balaban J connectivity index is 1.85. The lowest BCUT2D eigenvalue weighted by Crippen LogP contribution is -2.35. The molecule has 0 unspecified atom stereocenters. The lowest BCUT2D eigenvalue weighted by Gasteiger charge is -2.27. The van der Waals surface area contributed by atoms with Gasteiger partial charge < -0.3 is 15.0 Å². The minimum Gasteiger partial charge on any atom is -0.391 e. The van der Waals surface area contributed by atoms with E-state index in [-0.39, 0.29) is 6.10 Å². The second-order valence-corrected chi connectivity index (χ2v) is 3.91. The third-order valence-electron chi connectivity index (χ3n) is 2.89. The Morgan fingerprint density at radius 3 is 2.93 bits per heavy atom. The lowest BCUT2D eigenvalue weighted by molar-refractivity contribution is 0.0732. The molecule has 4 heteroatoms. The minimum absolute atomic E-state index is 0.230. The van der Waals surface area contributed by atoms with E-state index in [1.807, 2.05) is 10.8 Å². The molecular weight excluding hydrogens is 178 g/mol. The summed E-state index contributed by atoms with van der Waals surface area (Å²) < 4.78 is 1.94. The summed E-state index contributed by atoms with van der Waals surface area (Å²) in [5.41, 5.74) is 0. The largest absolute Gasteiger partial charge is 0.391 e. The van der Waals surface area contributed by atoms with Crippen LogP contribution in [0.2, 0.25) is 0 Å². The van der Waals surface area contributed by atoms with Crippen molar-refractivity contribution in [1.82, 2.24) is 14.9 Å². The van der Waals surface area contributed by atoms with Crippen molar-refractivity contribution in [2.75, 3.05) is 13.1 Å². The Morgan fingerprint density at radius 1 is 1.50 bits per heavy atom. The zero-order chi connectivity index (χ0) is 9.80. The van der Waals surface area contributed by atoms with Crippen LogP contribution in [0.25, 0.3) is 0 Å². The van der Waals surface area contributed by atoms with Gasteiger partial charge in [-0.05, 0) is 31.8 Å². The van der Waals surface area contributed by atoms with Gasteiger partial charge in [-0.25, -0.2) is 4.98 Å². The second kappa shape index (κ2) is 4.57. The van der Waals surface area contributed by atoms with E-state index in [2.05, 4.69) is 10.3 Å². The van der Waals surface area contributed by atoms with E-state index in [0.29, 0.717) is 12.5 Å². The number of aromatic nitrogens is 2. The fraction of sp³-hybridized carbons (Fsp3) is 0.700. The summed E-state index contributed by atoms with van der Waals surface area (Å²) in [6, 6.07) is 0.